The zero-order chi connectivity index (χ0) is 0. The molecule has 0 N–H and O–H groups in total. The van der Waals surface area contributed by atoms with Gasteiger partial charge in [-0.15, -0.1) is 0 Å². The predicted octanol–water partition coefficient (Wildman–Crippen LogP) is -39.0. The first-order valence-electron chi connectivity index (χ1n) is 0. The predicted molar refractivity (Wildman–Crippen MR) is 339 cm³/mol. The van der Waals surface area contributed by atoms with Gasteiger partial charge in [0, 0.05) is 0 Å². The van der Waals surface area contributed by atoms with Crippen LogP contribution in [0.5, 0.6) is 0 Å². The molecule has 1 unspecified atom stereocenters. The van der Waals surface area contributed by atoms with E-state index in [1.165, 1.54) is 0 Å². The largest absolute Gasteiger partial charge is 0.153 e. The van der Waals surface area contributed by atoms with Crippen molar-refractivity contribution >= 4 is 288 Å². The quantitative estimate of drug-likeness (QED) is 0.234. The molecule has 0 heterocycles. The van der Waals surface area contributed by atoms with Crippen LogP contribution in [0.2, 0.25) is 0 Å². The molecule has 0 nitrogen and oxygen atoms in total. The summed E-state index contributed by atoms with van der Waals surface area (Å²) >= 11 is 0. The number of hydrogen-bond donors (Lipinski definition) is 0. The summed E-state index contributed by atoms with van der Waals surface area (Å²) in [6.45, 7) is 0. The Kier molecular flexibility index (Phi) is 1320000. The van der Waals surface area contributed by atoms with Gasteiger partial charge in [0.25, 0.3) is 0 Å². The minimum absolute atomic E-state index is 0. The third-order valence-electron chi connectivity index (χ3n) is 0. The number of hydrogen-bond acceptors (Lipinski definition) is 0. The van der Waals surface area contributed by atoms with Crippen molar-refractivity contribution in [3.8, 4) is 0 Å². The molecule has 34 heteroatoms. The van der Waals surface area contributed by atoms with Crippen molar-refractivity contribution in [2.24, 2.45) is 0 Å². The average molecular weight is 491 g/mol. The van der Waals surface area contributed by atoms with E-state index in [2.05, 4.69) is 0 Å². The van der Waals surface area contributed by atoms with Gasteiger partial charge in [-0.3, -0.25) is 0 Å². The van der Waals surface area contributed by atoms with E-state index in [0.29, 0.717) is 0 Å². The van der Waals surface area contributed by atoms with E-state index in [1.54, 1.807) is 0 Å². The first kappa shape index (κ1) is 6990. The van der Waals surface area contributed by atoms with Gasteiger partial charge in [0.1, 0.15) is 0 Å². The highest BCUT2D eigenvalue weighted by Gasteiger charge is 0.114. The van der Waals surface area contributed by atoms with Crippen molar-refractivity contribution in [3.05, 3.63) is 0 Å². The lowest BCUT2D eigenvalue weighted by molar-refractivity contribution is 5.75. The van der Waals surface area contributed by atoms with Crippen molar-refractivity contribution in [2.45, 2.75) is 0 Å². The lowest BCUT2D eigenvalue weighted by Crippen LogP contribution is -0.382. The average Bonchev–Trinajstić information content (AvgIpc) is 0. The highest BCUT2D eigenvalue weighted by atomic mass is 31.0. The molecular weight excluding hydrogens is 388 g/mol. The van der Waals surface area contributed by atoms with Gasteiger partial charge in [0.05, 0.1) is 278 Å². The maximum Gasteiger partial charge on any atom is 0.0814 e. The van der Waals surface area contributed by atoms with E-state index in [-0.39, 0.29) is 288 Å². The summed E-state index contributed by atoms with van der Waals surface area (Å²) in [7, 11) is 0. The minimum Gasteiger partial charge on any atom is -0.153 e. The van der Waals surface area contributed by atoms with Crippen LogP contribution in [0.25, 0.3) is 0 Å². The van der Waals surface area contributed by atoms with Crippen LogP contribution in [0.1, 0.15) is 0 Å². The fourth-order valence-corrected chi connectivity index (χ4v) is 0. The van der Waals surface area contributed by atoms with Crippen LogP contribution >= 0.6 is 9.90 Å². The summed E-state index contributed by atoms with van der Waals surface area (Å²) in [4.78, 5) is 0. The molecule has 0 fully saturated rings. The van der Waals surface area contributed by atoms with Gasteiger partial charge in [-0.05, 0) is 0 Å². The monoisotopic (exact) mass is 497 g/mol. The molecule has 0 amide bonds. The molecule has 0 spiro atoms. The molecule has 0 saturated carbocycles. The summed E-state index contributed by atoms with van der Waals surface area (Å²) < 4.78 is 0. The zero-order valence-corrected chi connectivity index (χ0v) is 2.12. The Labute approximate surface area is 286 Å². The fraction of sp³-hybridized carbons (Fsp3) is 0. The molecule has 0 aliphatic heterocycles. The van der Waals surface area contributed by atoms with Gasteiger partial charge >= 0.3 is 0 Å². The van der Waals surface area contributed by atoms with E-state index in [4.69, 9.17) is 0 Å². The van der Waals surface area contributed by atoms with E-state index >= 15 is 0 Å². The van der Waals surface area contributed by atoms with E-state index < -0.39 is 0 Å². The molecule has 34 heavy (non-hydrogen) atoms. The molecule has 0 bridgehead atoms. The zero-order valence-electron chi connectivity index (χ0n) is 0.707. The molecule has 1 atom stereocenters. The Hall–Kier alpha value is 2.57. The van der Waals surface area contributed by atoms with Crippen molar-refractivity contribution in [1.29, 1.82) is 0 Å². The Morgan fingerprint density at radius 3 is 0.0588 bits per heavy atom. The fourth-order valence-electron chi connectivity index (χ4n) is 0. The number of rotatable bonds is 0. The summed E-state index contributed by atoms with van der Waals surface area (Å²) in [6.07, 6.45) is 0. The highest BCUT2D eigenvalue weighted by molar-refractivity contribution is 6.92. The lowest BCUT2D eigenvalue weighted by Gasteiger charge is -0.154. The van der Waals surface area contributed by atoms with Crippen LogP contribution in [0, 0.1) is 0 Å². The first-order chi connectivity index (χ1) is 0. The molecular formula is H102B33P. The summed E-state index contributed by atoms with van der Waals surface area (Å²) in [5, 5.41) is 0. The molecule has 0 rings (SSSR count). The van der Waals surface area contributed by atoms with Gasteiger partial charge in [-0.1, -0.05) is 0 Å². The molecule has 0 aliphatic carbocycles. The van der Waals surface area contributed by atoms with Crippen LogP contribution in [0.3, 0.4) is 0 Å². The van der Waals surface area contributed by atoms with E-state index in [1.807, 2.05) is 0 Å². The van der Waals surface area contributed by atoms with Gasteiger partial charge in [0.2, 0.25) is 0 Å². The van der Waals surface area contributed by atoms with Gasteiger partial charge in [-0.25, -0.2) is 0 Å². The van der Waals surface area contributed by atoms with E-state index in [0.717, 1.165) is 0 Å². The molecule has 0 aromatic carbocycles. The summed E-state index contributed by atoms with van der Waals surface area (Å²) in [5.41, 5.74) is 0. The van der Waals surface area contributed by atoms with Gasteiger partial charge < -0.3 is 0 Å². The minimum atomic E-state index is 0. The first-order valence-corrected chi connectivity index (χ1v) is 0. The topological polar surface area (TPSA) is 0 Å². The van der Waals surface area contributed by atoms with Crippen molar-refractivity contribution in [1.82, 2.24) is 0 Å². The molecule has 0 saturated heterocycles. The maximum atomic E-state index is 0. The Morgan fingerprint density at radius 1 is 0.0588 bits per heavy atom. The van der Waals surface area contributed by atoms with Crippen molar-refractivity contribution in [2.75, 3.05) is 0 Å². The smallest absolute Gasteiger partial charge is 0.0814 e. The van der Waals surface area contributed by atoms with Crippen LogP contribution in [-0.2, 0) is 0 Å². The molecule has 0 aromatic heterocycles. The second-order valence-corrected chi connectivity index (χ2v) is 0. The highest BCUT2D eigenvalue weighted by Crippen LogP contribution is 0.861. The Bertz CT molecular complexity index is 6.51. The third-order valence-corrected chi connectivity index (χ3v) is 0. The molecule has 0 aliphatic rings. The van der Waals surface area contributed by atoms with Gasteiger partial charge in [0.15, 0.2) is 0 Å². The van der Waals surface area contributed by atoms with Crippen LogP contribution in [0.15, 0.2) is 0 Å². The standard InChI is InChI=1S/33BH3.H3P/h34*1H3. The SMILES string of the molecule is B.B.B.B.B.B.B.B.B.B.B.B.B.B.B.B.B.B.B.B.B.B.B.B.B.B.B.B.B.B.B.B.B.P. The normalized spacial score (nSPS) is 0. The Balaban J connectivity index is 0. The van der Waals surface area contributed by atoms with Gasteiger partial charge in [-0.2, -0.15) is 9.90 Å². The maximum absolute atomic E-state index is 0. The lowest BCUT2D eigenvalue weighted by atomic mass is 10.8. The summed E-state index contributed by atoms with van der Waals surface area (Å²) in [5.74, 6) is 0. The molecule has 0 radical (unpaired) electrons. The third kappa shape index (κ3) is 5890. The Morgan fingerprint density at radius 2 is 0.0588 bits per heavy atom. The van der Waals surface area contributed by atoms with Crippen LogP contribution in [-0.4, -0.2) is 278 Å². The second-order valence-electron chi connectivity index (χ2n) is 0. The molecule has 0 aromatic rings. The van der Waals surface area contributed by atoms with Crippen LogP contribution in [0.4, 0.5) is 0 Å². The van der Waals surface area contributed by atoms with Crippen LogP contribution < -0.4 is 0 Å². The van der Waals surface area contributed by atoms with E-state index in [9.17, 15) is 0 Å². The second kappa shape index (κ2) is 6420. The summed E-state index contributed by atoms with van der Waals surface area (Å²) in [6, 6.07) is 0. The molecule has 206 valence electrons. The van der Waals surface area contributed by atoms with Crippen molar-refractivity contribution in [3.63, 3.8) is 0 Å². The van der Waals surface area contributed by atoms with Crippen molar-refractivity contribution < 1.29 is 0 Å².